The Hall–Kier alpha value is -2.89. The molecule has 128 valence electrons. The van der Waals surface area contributed by atoms with Gasteiger partial charge in [-0.1, -0.05) is 60.1 Å². The molecule has 0 spiro atoms. The van der Waals surface area contributed by atoms with Crippen LogP contribution in [0.4, 0.5) is 0 Å². The Kier molecular flexibility index (Phi) is 4.32. The number of amides is 1. The standard InChI is InChI=1S/C20H13ClN2O2S/c21-18-14-7-3-4-8-17(14)26-19(18)20(25)23-22-11-15-13-6-2-1-5-12(13)9-10-16(15)24/h1-11,24H,(H,23,25)/b22-11-. The minimum Gasteiger partial charge on any atom is -0.507 e. The van der Waals surface area contributed by atoms with Crippen LogP contribution in [0.1, 0.15) is 15.2 Å². The zero-order chi connectivity index (χ0) is 18.1. The number of hydrazone groups is 1. The molecule has 0 saturated carbocycles. The molecule has 0 bridgehead atoms. The molecule has 1 heterocycles. The number of nitrogens with one attached hydrogen (secondary N) is 1. The van der Waals surface area contributed by atoms with Gasteiger partial charge in [0.25, 0.3) is 5.91 Å². The summed E-state index contributed by atoms with van der Waals surface area (Å²) in [7, 11) is 0. The van der Waals surface area contributed by atoms with Crippen molar-refractivity contribution in [3.63, 3.8) is 0 Å². The van der Waals surface area contributed by atoms with E-state index >= 15 is 0 Å². The molecule has 4 nitrogen and oxygen atoms in total. The predicted molar refractivity (Wildman–Crippen MR) is 108 cm³/mol. The van der Waals surface area contributed by atoms with Crippen LogP contribution in [-0.4, -0.2) is 17.2 Å². The van der Waals surface area contributed by atoms with Crippen molar-refractivity contribution in [1.82, 2.24) is 5.43 Å². The molecular weight excluding hydrogens is 368 g/mol. The summed E-state index contributed by atoms with van der Waals surface area (Å²) >= 11 is 7.63. The predicted octanol–water partition coefficient (Wildman–Crippen LogP) is 5.18. The molecule has 0 fully saturated rings. The van der Waals surface area contributed by atoms with Crippen LogP contribution in [0.25, 0.3) is 20.9 Å². The van der Waals surface area contributed by atoms with Gasteiger partial charge in [0.15, 0.2) is 0 Å². The number of carbonyl (C=O) groups is 1. The van der Waals surface area contributed by atoms with E-state index in [9.17, 15) is 9.90 Å². The zero-order valence-electron chi connectivity index (χ0n) is 13.4. The molecule has 4 aromatic rings. The zero-order valence-corrected chi connectivity index (χ0v) is 15.0. The summed E-state index contributed by atoms with van der Waals surface area (Å²) in [5.41, 5.74) is 3.03. The first kappa shape index (κ1) is 16.6. The van der Waals surface area contributed by atoms with Crippen molar-refractivity contribution in [3.05, 3.63) is 76.1 Å². The number of carbonyl (C=O) groups excluding carboxylic acids is 1. The lowest BCUT2D eigenvalue weighted by atomic mass is 10.0. The molecule has 0 saturated heterocycles. The monoisotopic (exact) mass is 380 g/mol. The van der Waals surface area contributed by atoms with E-state index in [4.69, 9.17) is 11.6 Å². The van der Waals surface area contributed by atoms with Crippen molar-refractivity contribution in [2.24, 2.45) is 5.10 Å². The highest BCUT2D eigenvalue weighted by Gasteiger charge is 2.16. The average Bonchev–Trinajstić information content (AvgIpc) is 3.00. The maximum absolute atomic E-state index is 12.4. The van der Waals surface area contributed by atoms with Gasteiger partial charge in [0.1, 0.15) is 10.6 Å². The second kappa shape index (κ2) is 6.78. The van der Waals surface area contributed by atoms with Crippen molar-refractivity contribution >= 4 is 55.9 Å². The minimum absolute atomic E-state index is 0.0987. The van der Waals surface area contributed by atoms with Crippen molar-refractivity contribution in [1.29, 1.82) is 0 Å². The highest BCUT2D eigenvalue weighted by molar-refractivity contribution is 7.21. The lowest BCUT2D eigenvalue weighted by molar-refractivity contribution is 0.0959. The molecule has 1 aromatic heterocycles. The first-order valence-electron chi connectivity index (χ1n) is 7.86. The summed E-state index contributed by atoms with van der Waals surface area (Å²) in [6, 6.07) is 18.7. The van der Waals surface area contributed by atoms with E-state index in [0.717, 1.165) is 20.9 Å². The smallest absolute Gasteiger partial charge is 0.283 e. The van der Waals surface area contributed by atoms with Gasteiger partial charge in [-0.3, -0.25) is 4.79 Å². The summed E-state index contributed by atoms with van der Waals surface area (Å²) in [5, 5.41) is 17.2. The van der Waals surface area contributed by atoms with Gasteiger partial charge < -0.3 is 5.11 Å². The highest BCUT2D eigenvalue weighted by atomic mass is 35.5. The number of aromatic hydroxyl groups is 1. The molecule has 3 aromatic carbocycles. The molecule has 0 aliphatic heterocycles. The molecule has 6 heteroatoms. The number of rotatable bonds is 3. The van der Waals surface area contributed by atoms with Crippen molar-refractivity contribution in [2.45, 2.75) is 0 Å². The van der Waals surface area contributed by atoms with Crippen LogP contribution in [-0.2, 0) is 0 Å². The topological polar surface area (TPSA) is 61.7 Å². The fourth-order valence-corrected chi connectivity index (χ4v) is 4.19. The van der Waals surface area contributed by atoms with Gasteiger partial charge in [0.2, 0.25) is 0 Å². The number of halogens is 1. The fraction of sp³-hybridized carbons (Fsp3) is 0. The molecule has 0 unspecified atom stereocenters. The number of benzene rings is 3. The summed E-state index contributed by atoms with van der Waals surface area (Å²) in [6.07, 6.45) is 1.44. The quantitative estimate of drug-likeness (QED) is 0.380. The number of phenols is 1. The fourth-order valence-electron chi connectivity index (χ4n) is 2.79. The lowest BCUT2D eigenvalue weighted by Gasteiger charge is -2.04. The van der Waals surface area contributed by atoms with E-state index in [0.29, 0.717) is 15.5 Å². The number of fused-ring (bicyclic) bond motifs is 2. The molecule has 0 aliphatic carbocycles. The van der Waals surface area contributed by atoms with Crippen LogP contribution < -0.4 is 5.43 Å². The summed E-state index contributed by atoms with van der Waals surface area (Å²) in [4.78, 5) is 12.8. The average molecular weight is 381 g/mol. The molecule has 4 rings (SSSR count). The van der Waals surface area contributed by atoms with Gasteiger partial charge in [-0.25, -0.2) is 5.43 Å². The molecule has 2 N–H and O–H groups in total. The number of nitrogens with zero attached hydrogens (tertiary/aromatic N) is 1. The van der Waals surface area contributed by atoms with E-state index < -0.39 is 0 Å². The van der Waals surface area contributed by atoms with Crippen LogP contribution >= 0.6 is 22.9 Å². The van der Waals surface area contributed by atoms with E-state index in [1.54, 1.807) is 6.07 Å². The van der Waals surface area contributed by atoms with Crippen molar-refractivity contribution in [2.75, 3.05) is 0 Å². The SMILES string of the molecule is O=C(N/N=C\c1c(O)ccc2ccccc12)c1sc2ccccc2c1Cl. The van der Waals surface area contributed by atoms with Gasteiger partial charge in [0, 0.05) is 15.6 Å². The Labute approximate surface area is 158 Å². The van der Waals surface area contributed by atoms with Crippen molar-refractivity contribution in [3.8, 4) is 5.75 Å². The molecule has 1 amide bonds. The third kappa shape index (κ3) is 2.92. The third-order valence-electron chi connectivity index (χ3n) is 4.05. The highest BCUT2D eigenvalue weighted by Crippen LogP contribution is 2.35. The maximum atomic E-state index is 12.4. The first-order valence-corrected chi connectivity index (χ1v) is 9.06. The molecule has 0 atom stereocenters. The van der Waals surface area contributed by atoms with E-state index in [2.05, 4.69) is 10.5 Å². The summed E-state index contributed by atoms with van der Waals surface area (Å²) < 4.78 is 0.943. The van der Waals surface area contributed by atoms with Crippen LogP contribution in [0, 0.1) is 0 Å². The molecular formula is C20H13ClN2O2S. The first-order chi connectivity index (χ1) is 12.6. The Morgan fingerprint density at radius 1 is 1.04 bits per heavy atom. The number of hydrogen-bond donors (Lipinski definition) is 2. The second-order valence-electron chi connectivity index (χ2n) is 5.66. The summed E-state index contributed by atoms with van der Waals surface area (Å²) in [6.45, 7) is 0. The van der Waals surface area contributed by atoms with Gasteiger partial charge in [0.05, 0.1) is 11.2 Å². The third-order valence-corrected chi connectivity index (χ3v) is 5.72. The minimum atomic E-state index is -0.382. The normalized spacial score (nSPS) is 11.4. The Balaban J connectivity index is 1.62. The van der Waals surface area contributed by atoms with Gasteiger partial charge in [-0.2, -0.15) is 5.10 Å². The van der Waals surface area contributed by atoms with Gasteiger partial charge in [-0.15, -0.1) is 11.3 Å². The second-order valence-corrected chi connectivity index (χ2v) is 7.09. The van der Waals surface area contributed by atoms with E-state index in [1.807, 2.05) is 54.6 Å². The van der Waals surface area contributed by atoms with Crippen LogP contribution in [0.15, 0.2) is 65.8 Å². The van der Waals surface area contributed by atoms with E-state index in [-0.39, 0.29) is 11.7 Å². The number of hydrogen-bond acceptors (Lipinski definition) is 4. The molecule has 26 heavy (non-hydrogen) atoms. The Morgan fingerprint density at radius 2 is 1.77 bits per heavy atom. The van der Waals surface area contributed by atoms with Gasteiger partial charge in [-0.05, 0) is 22.9 Å². The molecule has 0 radical (unpaired) electrons. The van der Waals surface area contributed by atoms with Crippen LogP contribution in [0.3, 0.4) is 0 Å². The molecule has 0 aliphatic rings. The van der Waals surface area contributed by atoms with Crippen LogP contribution in [0.2, 0.25) is 5.02 Å². The lowest BCUT2D eigenvalue weighted by Crippen LogP contribution is -2.16. The van der Waals surface area contributed by atoms with Gasteiger partial charge >= 0.3 is 0 Å². The maximum Gasteiger partial charge on any atom is 0.283 e. The van der Waals surface area contributed by atoms with E-state index in [1.165, 1.54) is 17.6 Å². The number of thiophene rings is 1. The largest absolute Gasteiger partial charge is 0.507 e. The van der Waals surface area contributed by atoms with Crippen molar-refractivity contribution < 1.29 is 9.90 Å². The Morgan fingerprint density at radius 3 is 2.58 bits per heavy atom. The number of phenolic OH excluding ortho intramolecular Hbond substituents is 1. The van der Waals surface area contributed by atoms with Crippen LogP contribution in [0.5, 0.6) is 5.75 Å². The Bertz CT molecular complexity index is 1170. The summed E-state index contributed by atoms with van der Waals surface area (Å²) in [5.74, 6) is -0.284.